The van der Waals surface area contributed by atoms with Crippen LogP contribution in [-0.4, -0.2) is 55.8 Å². The van der Waals surface area contributed by atoms with Gasteiger partial charge in [0.2, 0.25) is 15.9 Å². The van der Waals surface area contributed by atoms with Gasteiger partial charge in [-0.25, -0.2) is 13.4 Å². The molecule has 0 atom stereocenters. The second-order valence-corrected chi connectivity index (χ2v) is 8.24. The largest absolute Gasteiger partial charge is 0.484 e. The number of nitrogens with zero attached hydrogens (tertiary/aromatic N) is 3. The molecule has 1 aromatic carbocycles. The number of sulfonamides is 1. The number of benzene rings is 1. The van der Waals surface area contributed by atoms with Crippen molar-refractivity contribution in [1.82, 2.24) is 9.29 Å². The van der Waals surface area contributed by atoms with E-state index >= 15 is 0 Å². The Morgan fingerprint density at radius 2 is 2.00 bits per heavy atom. The number of ether oxygens (including phenoxy) is 1. The molecule has 2 heterocycles. The fourth-order valence-corrected chi connectivity index (χ4v) is 4.49. The molecular weight excluding hydrogens is 380 g/mol. The van der Waals surface area contributed by atoms with Gasteiger partial charge in [-0.1, -0.05) is 0 Å². The van der Waals surface area contributed by atoms with Gasteiger partial charge >= 0.3 is 0 Å². The number of anilines is 1. The molecule has 1 fully saturated rings. The highest BCUT2D eigenvalue weighted by Gasteiger charge is 2.34. The molecule has 1 aliphatic rings. The van der Waals surface area contributed by atoms with E-state index in [1.807, 2.05) is 0 Å². The van der Waals surface area contributed by atoms with Crippen molar-refractivity contribution in [3.05, 3.63) is 35.8 Å². The molecule has 138 valence electrons. The van der Waals surface area contributed by atoms with Gasteiger partial charge in [0.05, 0.1) is 11.4 Å². The Morgan fingerprint density at radius 3 is 2.58 bits per heavy atom. The highest BCUT2D eigenvalue weighted by molar-refractivity contribution is 7.89. The lowest BCUT2D eigenvalue weighted by Crippen LogP contribution is -2.52. The standard InChI is InChI=1S/C15H16N4O5S2/c16-13(20)10-24-11-1-3-12(4-2-11)26(22,23)18-6-7-19(14(21)9-18)15-17-5-8-25-15/h1-5,8H,6-7,9-10H2,(H2,16,20). The number of amides is 2. The zero-order valence-electron chi connectivity index (χ0n) is 13.6. The van der Waals surface area contributed by atoms with Crippen LogP contribution < -0.4 is 15.4 Å². The third-order valence-electron chi connectivity index (χ3n) is 3.68. The van der Waals surface area contributed by atoms with Gasteiger partial charge in [0.1, 0.15) is 5.75 Å². The first-order valence-electron chi connectivity index (χ1n) is 7.59. The summed E-state index contributed by atoms with van der Waals surface area (Å²) in [7, 11) is -3.81. The minimum Gasteiger partial charge on any atom is -0.484 e. The minimum atomic E-state index is -3.81. The van der Waals surface area contributed by atoms with Crippen LogP contribution in [0.4, 0.5) is 5.13 Å². The number of rotatable bonds is 6. The maximum atomic E-state index is 12.7. The number of nitrogens with two attached hydrogens (primary N) is 1. The smallest absolute Gasteiger partial charge is 0.255 e. The van der Waals surface area contributed by atoms with Crippen LogP contribution in [0, 0.1) is 0 Å². The van der Waals surface area contributed by atoms with Crippen LogP contribution in [0.25, 0.3) is 0 Å². The summed E-state index contributed by atoms with van der Waals surface area (Å²) in [6, 6.07) is 5.60. The molecule has 0 aliphatic carbocycles. The van der Waals surface area contributed by atoms with Crippen LogP contribution in [0.3, 0.4) is 0 Å². The number of primary amides is 1. The molecule has 2 aromatic rings. The van der Waals surface area contributed by atoms with Gasteiger partial charge in [0, 0.05) is 24.7 Å². The fraction of sp³-hybridized carbons (Fsp3) is 0.267. The first kappa shape index (κ1) is 18.3. The molecule has 11 heteroatoms. The molecule has 0 unspecified atom stereocenters. The van der Waals surface area contributed by atoms with Crippen molar-refractivity contribution < 1.29 is 22.7 Å². The van der Waals surface area contributed by atoms with E-state index in [9.17, 15) is 18.0 Å². The molecule has 1 aromatic heterocycles. The van der Waals surface area contributed by atoms with Crippen molar-refractivity contribution in [3.63, 3.8) is 0 Å². The maximum Gasteiger partial charge on any atom is 0.255 e. The van der Waals surface area contributed by atoms with Crippen molar-refractivity contribution in [3.8, 4) is 5.75 Å². The molecule has 26 heavy (non-hydrogen) atoms. The van der Waals surface area contributed by atoms with Gasteiger partial charge in [-0.2, -0.15) is 4.31 Å². The molecule has 1 saturated heterocycles. The SMILES string of the molecule is NC(=O)COc1ccc(S(=O)(=O)N2CCN(c3nccs3)C(=O)C2)cc1. The number of hydrogen-bond acceptors (Lipinski definition) is 7. The van der Waals surface area contributed by atoms with Crippen LogP contribution in [0.15, 0.2) is 40.7 Å². The Bertz CT molecular complexity index is 897. The maximum absolute atomic E-state index is 12.7. The second-order valence-electron chi connectivity index (χ2n) is 5.43. The van der Waals surface area contributed by atoms with Crippen LogP contribution >= 0.6 is 11.3 Å². The average Bonchev–Trinajstić information content (AvgIpc) is 3.14. The summed E-state index contributed by atoms with van der Waals surface area (Å²) in [6.45, 7) is -0.125. The van der Waals surface area contributed by atoms with E-state index in [0.29, 0.717) is 10.9 Å². The number of carbonyl (C=O) groups excluding carboxylic acids is 2. The molecule has 0 saturated carbocycles. The van der Waals surface area contributed by atoms with E-state index in [4.69, 9.17) is 10.5 Å². The molecule has 0 bridgehead atoms. The van der Waals surface area contributed by atoms with Crippen molar-refractivity contribution >= 4 is 38.3 Å². The quantitative estimate of drug-likeness (QED) is 0.736. The molecule has 9 nitrogen and oxygen atoms in total. The van der Waals surface area contributed by atoms with Crippen LogP contribution in [0.2, 0.25) is 0 Å². The summed E-state index contributed by atoms with van der Waals surface area (Å²) in [5, 5.41) is 2.32. The number of aromatic nitrogens is 1. The molecule has 1 aliphatic heterocycles. The lowest BCUT2D eigenvalue weighted by atomic mass is 10.3. The summed E-state index contributed by atoms with van der Waals surface area (Å²) in [4.78, 5) is 28.6. The van der Waals surface area contributed by atoms with E-state index in [1.54, 1.807) is 11.6 Å². The van der Waals surface area contributed by atoms with Gasteiger partial charge in [-0.3, -0.25) is 14.5 Å². The third kappa shape index (κ3) is 3.84. The van der Waals surface area contributed by atoms with Crippen LogP contribution in [0.5, 0.6) is 5.75 Å². The van der Waals surface area contributed by atoms with Crippen molar-refractivity contribution in [2.45, 2.75) is 4.90 Å². The highest BCUT2D eigenvalue weighted by atomic mass is 32.2. The first-order chi connectivity index (χ1) is 12.4. The number of thiazole rings is 1. The van der Waals surface area contributed by atoms with Gasteiger partial charge in [-0.15, -0.1) is 11.3 Å². The summed E-state index contributed by atoms with van der Waals surface area (Å²) in [5.41, 5.74) is 4.99. The fourth-order valence-electron chi connectivity index (χ4n) is 2.42. The highest BCUT2D eigenvalue weighted by Crippen LogP contribution is 2.24. The molecule has 2 amide bonds. The zero-order valence-corrected chi connectivity index (χ0v) is 15.2. The number of hydrogen-bond donors (Lipinski definition) is 1. The number of piperazine rings is 1. The van der Waals surface area contributed by atoms with Crippen molar-refractivity contribution in [2.24, 2.45) is 5.73 Å². The van der Waals surface area contributed by atoms with E-state index in [0.717, 1.165) is 4.31 Å². The predicted molar refractivity (Wildman–Crippen MR) is 94.4 cm³/mol. The van der Waals surface area contributed by atoms with Crippen molar-refractivity contribution in [2.75, 3.05) is 31.1 Å². The third-order valence-corrected chi connectivity index (χ3v) is 6.33. The van der Waals surface area contributed by atoms with Crippen LogP contribution in [-0.2, 0) is 19.6 Å². The monoisotopic (exact) mass is 396 g/mol. The number of carbonyl (C=O) groups is 2. The predicted octanol–water partition coefficient (Wildman–Crippen LogP) is 0.0447. The second kappa shape index (κ2) is 7.40. The van der Waals surface area contributed by atoms with Gasteiger partial charge in [-0.05, 0) is 24.3 Å². The molecule has 0 radical (unpaired) electrons. The van der Waals surface area contributed by atoms with E-state index in [1.165, 1.54) is 40.5 Å². The Balaban J connectivity index is 1.70. The van der Waals surface area contributed by atoms with Crippen molar-refractivity contribution in [1.29, 1.82) is 0 Å². The van der Waals surface area contributed by atoms with Gasteiger partial charge < -0.3 is 10.5 Å². The normalized spacial score (nSPS) is 15.8. The summed E-state index contributed by atoms with van der Waals surface area (Å²) in [6.07, 6.45) is 1.60. The minimum absolute atomic E-state index is 0.0411. The Labute approximate surface area is 154 Å². The lowest BCUT2D eigenvalue weighted by Gasteiger charge is -2.32. The lowest BCUT2D eigenvalue weighted by molar-refractivity contribution is -0.120. The molecule has 0 spiro atoms. The molecule has 2 N–H and O–H groups in total. The Hall–Kier alpha value is -2.50. The Morgan fingerprint density at radius 1 is 1.27 bits per heavy atom. The topological polar surface area (TPSA) is 123 Å². The Kier molecular flexibility index (Phi) is 5.20. The summed E-state index contributed by atoms with van der Waals surface area (Å²) >= 11 is 1.33. The average molecular weight is 396 g/mol. The molecular formula is C15H16N4O5S2. The summed E-state index contributed by atoms with van der Waals surface area (Å²) < 4.78 is 31.7. The van der Waals surface area contributed by atoms with Gasteiger partial charge in [0.25, 0.3) is 5.91 Å². The molecule has 3 rings (SSSR count). The van der Waals surface area contributed by atoms with E-state index in [-0.39, 0.29) is 37.0 Å². The van der Waals surface area contributed by atoms with E-state index < -0.39 is 15.9 Å². The van der Waals surface area contributed by atoms with Crippen LogP contribution in [0.1, 0.15) is 0 Å². The van der Waals surface area contributed by atoms with E-state index in [2.05, 4.69) is 4.98 Å². The summed E-state index contributed by atoms with van der Waals surface area (Å²) in [5.74, 6) is -0.623. The zero-order chi connectivity index (χ0) is 18.7. The van der Waals surface area contributed by atoms with Gasteiger partial charge in [0.15, 0.2) is 11.7 Å². The first-order valence-corrected chi connectivity index (χ1v) is 9.91.